The summed E-state index contributed by atoms with van der Waals surface area (Å²) in [6.07, 6.45) is 3.31. The van der Waals surface area contributed by atoms with Gasteiger partial charge in [-0.25, -0.2) is 9.97 Å². The van der Waals surface area contributed by atoms with Gasteiger partial charge in [0.05, 0.1) is 13.3 Å². The fourth-order valence-electron chi connectivity index (χ4n) is 2.26. The zero-order valence-corrected chi connectivity index (χ0v) is 12.8. The first-order valence-electron chi connectivity index (χ1n) is 6.99. The van der Waals surface area contributed by atoms with E-state index in [1.54, 1.807) is 16.8 Å². The van der Waals surface area contributed by atoms with Crippen LogP contribution in [-0.4, -0.2) is 41.2 Å². The number of nitrogens with one attached hydrogen (secondary N) is 1. The summed E-state index contributed by atoms with van der Waals surface area (Å²) in [5.41, 5.74) is 1.85. The predicted octanol–water partition coefficient (Wildman–Crippen LogP) is 1.74. The molecule has 1 N–H and O–H groups in total. The molecule has 2 aromatic heterocycles. The Morgan fingerprint density at radius 2 is 2.04 bits per heavy atom. The van der Waals surface area contributed by atoms with Crippen molar-refractivity contribution >= 4 is 11.4 Å². The molecule has 0 radical (unpaired) electrons. The van der Waals surface area contributed by atoms with Crippen LogP contribution in [0, 0.1) is 0 Å². The third-order valence-electron chi connectivity index (χ3n) is 3.32. The van der Waals surface area contributed by atoms with Crippen molar-refractivity contribution in [1.29, 1.82) is 0 Å². The lowest BCUT2D eigenvalue weighted by molar-refractivity contribution is 0.0866. The molecule has 0 atom stereocenters. The molecule has 23 heavy (non-hydrogen) atoms. The minimum atomic E-state index is -0.347. The Hall–Kier alpha value is -2.93. The Kier molecular flexibility index (Phi) is 4.20. The molecule has 0 saturated carbocycles. The lowest BCUT2D eigenvalue weighted by Gasteiger charge is -2.08. The zero-order chi connectivity index (χ0) is 16.2. The minimum absolute atomic E-state index is 0.107. The van der Waals surface area contributed by atoms with Crippen molar-refractivity contribution in [3.63, 3.8) is 0 Å². The number of nitrogens with zero attached hydrogens (tertiary/aromatic N) is 3. The van der Waals surface area contributed by atoms with Gasteiger partial charge in [-0.05, 0) is 0 Å². The molecule has 0 aliphatic rings. The van der Waals surface area contributed by atoms with E-state index >= 15 is 0 Å². The van der Waals surface area contributed by atoms with Gasteiger partial charge < -0.3 is 14.8 Å². The van der Waals surface area contributed by atoms with E-state index in [9.17, 15) is 4.79 Å². The number of imidazole rings is 1. The van der Waals surface area contributed by atoms with E-state index in [4.69, 9.17) is 9.47 Å². The second-order valence-corrected chi connectivity index (χ2v) is 4.78. The van der Waals surface area contributed by atoms with Crippen molar-refractivity contribution < 1.29 is 14.3 Å². The van der Waals surface area contributed by atoms with Gasteiger partial charge in [-0.3, -0.25) is 9.20 Å². The van der Waals surface area contributed by atoms with Crippen molar-refractivity contribution in [3.05, 3.63) is 48.4 Å². The van der Waals surface area contributed by atoms with Crippen LogP contribution in [0.1, 0.15) is 10.5 Å². The second kappa shape index (κ2) is 6.45. The van der Waals surface area contributed by atoms with E-state index in [0.717, 1.165) is 5.56 Å². The van der Waals surface area contributed by atoms with Crippen LogP contribution in [0.2, 0.25) is 0 Å². The third-order valence-corrected chi connectivity index (χ3v) is 3.32. The highest BCUT2D eigenvalue weighted by molar-refractivity contribution is 5.92. The smallest absolute Gasteiger partial charge is 0.273 e. The summed E-state index contributed by atoms with van der Waals surface area (Å²) in [5, 5.41) is 2.60. The maximum absolute atomic E-state index is 12.1. The molecular formula is C16H16N4O3. The van der Waals surface area contributed by atoms with Gasteiger partial charge in [-0.1, -0.05) is 30.3 Å². The van der Waals surface area contributed by atoms with Crippen molar-refractivity contribution in [1.82, 2.24) is 19.7 Å². The standard InChI is InChI=1S/C16H16N4O3/c1-22-10-18-15(21)12-9-20-13(16(19-12)23-2)8-17-14(20)11-6-4-3-5-7-11/h3-9H,10H2,1-2H3,(H,18,21). The molecule has 3 aromatic rings. The zero-order valence-electron chi connectivity index (χ0n) is 12.8. The van der Waals surface area contributed by atoms with Gasteiger partial charge in [0.15, 0.2) is 0 Å². The van der Waals surface area contributed by atoms with E-state index in [0.29, 0.717) is 17.2 Å². The van der Waals surface area contributed by atoms with Gasteiger partial charge in [0.25, 0.3) is 5.91 Å². The molecule has 118 valence electrons. The van der Waals surface area contributed by atoms with Crippen LogP contribution in [0.25, 0.3) is 16.9 Å². The van der Waals surface area contributed by atoms with Gasteiger partial charge >= 0.3 is 0 Å². The summed E-state index contributed by atoms with van der Waals surface area (Å²) in [6.45, 7) is 0.107. The summed E-state index contributed by atoms with van der Waals surface area (Å²) in [6, 6.07) is 9.70. The number of carbonyl (C=O) groups excluding carboxylic acids is 1. The lowest BCUT2D eigenvalue weighted by atomic mass is 10.2. The largest absolute Gasteiger partial charge is 0.479 e. The quantitative estimate of drug-likeness (QED) is 0.726. The Balaban J connectivity index is 2.13. The molecule has 0 fully saturated rings. The van der Waals surface area contributed by atoms with Crippen molar-refractivity contribution in [2.75, 3.05) is 21.0 Å². The maximum atomic E-state index is 12.1. The number of rotatable bonds is 5. The van der Waals surface area contributed by atoms with Gasteiger partial charge in [0.1, 0.15) is 23.8 Å². The first-order chi connectivity index (χ1) is 11.2. The minimum Gasteiger partial charge on any atom is -0.479 e. The topological polar surface area (TPSA) is 77.8 Å². The molecule has 7 heteroatoms. The third kappa shape index (κ3) is 2.86. The van der Waals surface area contributed by atoms with Crippen LogP contribution in [0.5, 0.6) is 5.88 Å². The van der Waals surface area contributed by atoms with Crippen LogP contribution in [-0.2, 0) is 4.74 Å². The predicted molar refractivity (Wildman–Crippen MR) is 84.3 cm³/mol. The number of methoxy groups -OCH3 is 2. The summed E-state index contributed by atoms with van der Waals surface area (Å²) in [4.78, 5) is 20.8. The van der Waals surface area contributed by atoms with E-state index in [1.807, 2.05) is 30.3 Å². The van der Waals surface area contributed by atoms with Crippen LogP contribution in [0.3, 0.4) is 0 Å². The number of amides is 1. The highest BCUT2D eigenvalue weighted by atomic mass is 16.5. The summed E-state index contributed by atoms with van der Waals surface area (Å²) >= 11 is 0. The first-order valence-corrected chi connectivity index (χ1v) is 6.99. The number of benzene rings is 1. The fourth-order valence-corrected chi connectivity index (χ4v) is 2.26. The van der Waals surface area contributed by atoms with Crippen LogP contribution in [0.15, 0.2) is 42.7 Å². The summed E-state index contributed by atoms with van der Waals surface area (Å²) in [5.74, 6) is 0.701. The van der Waals surface area contributed by atoms with Crippen LogP contribution >= 0.6 is 0 Å². The van der Waals surface area contributed by atoms with Crippen LogP contribution in [0.4, 0.5) is 0 Å². The molecule has 0 aliphatic heterocycles. The molecule has 0 saturated heterocycles. The van der Waals surface area contributed by atoms with E-state index < -0.39 is 0 Å². The number of fused-ring (bicyclic) bond motifs is 1. The number of aromatic nitrogens is 3. The Morgan fingerprint density at radius 3 is 2.74 bits per heavy atom. The second-order valence-electron chi connectivity index (χ2n) is 4.78. The number of ether oxygens (including phenoxy) is 2. The number of hydrogen-bond donors (Lipinski definition) is 1. The van der Waals surface area contributed by atoms with Crippen molar-refractivity contribution in [3.8, 4) is 17.3 Å². The molecule has 7 nitrogen and oxygen atoms in total. The highest BCUT2D eigenvalue weighted by Crippen LogP contribution is 2.24. The molecule has 2 heterocycles. The summed E-state index contributed by atoms with van der Waals surface area (Å²) in [7, 11) is 3.01. The Bertz CT molecular complexity index is 830. The molecule has 0 aliphatic carbocycles. The number of hydrogen-bond acceptors (Lipinski definition) is 5. The molecule has 0 bridgehead atoms. The Labute approximate surface area is 132 Å². The molecule has 1 aromatic carbocycles. The van der Waals surface area contributed by atoms with Gasteiger partial charge in [0.2, 0.25) is 5.88 Å². The fraction of sp³-hybridized carbons (Fsp3) is 0.188. The van der Waals surface area contributed by atoms with Gasteiger partial charge in [-0.2, -0.15) is 0 Å². The van der Waals surface area contributed by atoms with Gasteiger partial charge in [0, 0.05) is 18.9 Å². The molecule has 3 rings (SSSR count). The Morgan fingerprint density at radius 1 is 1.26 bits per heavy atom. The van der Waals surface area contributed by atoms with Gasteiger partial charge in [-0.15, -0.1) is 0 Å². The van der Waals surface area contributed by atoms with E-state index in [2.05, 4.69) is 15.3 Å². The van der Waals surface area contributed by atoms with Crippen molar-refractivity contribution in [2.45, 2.75) is 0 Å². The van der Waals surface area contributed by atoms with E-state index in [1.165, 1.54) is 14.2 Å². The van der Waals surface area contributed by atoms with Crippen LogP contribution < -0.4 is 10.1 Å². The molecular weight excluding hydrogens is 296 g/mol. The average molecular weight is 312 g/mol. The molecule has 0 spiro atoms. The summed E-state index contributed by atoms with van der Waals surface area (Å²) < 4.78 is 11.9. The maximum Gasteiger partial charge on any atom is 0.273 e. The average Bonchev–Trinajstić information content (AvgIpc) is 3.03. The highest BCUT2D eigenvalue weighted by Gasteiger charge is 2.16. The lowest BCUT2D eigenvalue weighted by Crippen LogP contribution is -2.26. The monoisotopic (exact) mass is 312 g/mol. The normalized spacial score (nSPS) is 10.7. The molecule has 0 unspecified atom stereocenters. The molecule has 1 amide bonds. The van der Waals surface area contributed by atoms with Crippen molar-refractivity contribution in [2.24, 2.45) is 0 Å². The van der Waals surface area contributed by atoms with E-state index in [-0.39, 0.29) is 18.3 Å². The first kappa shape index (κ1) is 15.0. The number of carbonyl (C=O) groups is 1. The SMILES string of the molecule is COCNC(=O)c1cn2c(-c3ccccc3)ncc2c(OC)n1.